The molecule has 0 aromatic heterocycles. The van der Waals surface area contributed by atoms with E-state index in [1.807, 2.05) is 0 Å². The second-order valence-electron chi connectivity index (χ2n) is 7.10. The zero-order valence-electron chi connectivity index (χ0n) is 19.7. The number of phosphoric acid groups is 1. The molecule has 0 aromatic rings. The van der Waals surface area contributed by atoms with Gasteiger partial charge in [-0.1, -0.05) is 78.6 Å². The fraction of sp³-hybridized carbons (Fsp3) is 0.941. The van der Waals surface area contributed by atoms with Gasteiger partial charge in [0, 0.05) is 0 Å². The third kappa shape index (κ3) is 28.5. The number of carbonyl (C=O) groups is 1. The molecule has 0 spiro atoms. The van der Waals surface area contributed by atoms with Crippen LogP contribution in [0.25, 0.3) is 0 Å². The summed E-state index contributed by atoms with van der Waals surface area (Å²) in [7, 11) is -8.94. The molecule has 13 heteroatoms. The molecule has 0 rings (SSSR count). The fourth-order valence-electron chi connectivity index (χ4n) is 2.20. The summed E-state index contributed by atoms with van der Waals surface area (Å²) in [6.45, 7) is 5.66. The number of nitrogens with two attached hydrogens (primary N) is 1. The smallest absolute Gasteiger partial charge is 1.00 e. The van der Waals surface area contributed by atoms with E-state index in [1.54, 1.807) is 13.8 Å². The summed E-state index contributed by atoms with van der Waals surface area (Å²) < 4.78 is 40.9. The maximum Gasteiger partial charge on any atom is 1.00 e. The Labute approximate surface area is 204 Å². The third-order valence-corrected chi connectivity index (χ3v) is 4.72. The summed E-state index contributed by atoms with van der Waals surface area (Å²) in [5.74, 6) is -1.18. The van der Waals surface area contributed by atoms with Crippen LogP contribution in [0.3, 0.4) is 0 Å². The summed E-state index contributed by atoms with van der Waals surface area (Å²) in [5.41, 5.74) is 5.53. The molecule has 0 aromatic carbocycles. The molecule has 0 saturated heterocycles. The average Bonchev–Trinajstić information content (AvgIpc) is 2.56. The molecular weight excluding hydrogens is 448 g/mol. The van der Waals surface area contributed by atoms with Crippen LogP contribution in [0.5, 0.6) is 0 Å². The van der Waals surface area contributed by atoms with Crippen molar-refractivity contribution in [2.45, 2.75) is 91.0 Å². The van der Waals surface area contributed by atoms with Gasteiger partial charge in [-0.15, -0.1) is 0 Å². The zero-order chi connectivity index (χ0) is 22.9. The number of unbranched alkanes of at least 4 members (excludes halogenated alkanes) is 9. The predicted molar refractivity (Wildman–Crippen MR) is 111 cm³/mol. The molecule has 0 heterocycles. The normalized spacial score (nSPS) is 12.5. The zero-order valence-corrected chi connectivity index (χ0v) is 22.4. The first kappa shape index (κ1) is 35.0. The first-order valence-electron chi connectivity index (χ1n) is 9.96. The molecule has 30 heavy (non-hydrogen) atoms. The number of carbonyl (C=O) groups excluding carboxylic acids is 1. The van der Waals surface area contributed by atoms with Gasteiger partial charge in [-0.3, -0.25) is 0 Å². The maximum atomic E-state index is 11.5. The Balaban J connectivity index is -0.000000464. The van der Waals surface area contributed by atoms with Gasteiger partial charge in [-0.05, 0) is 12.3 Å². The van der Waals surface area contributed by atoms with Crippen molar-refractivity contribution in [2.75, 3.05) is 6.61 Å². The van der Waals surface area contributed by atoms with E-state index in [2.05, 4.69) is 15.3 Å². The topological polar surface area (TPSA) is 173 Å². The molecule has 5 N–H and O–H groups in total. The van der Waals surface area contributed by atoms with Gasteiger partial charge in [-0.25, -0.2) is 13.5 Å². The molecule has 10 nitrogen and oxygen atoms in total. The fourth-order valence-corrected chi connectivity index (χ4v) is 2.89. The molecule has 1 atom stereocenters. The van der Waals surface area contributed by atoms with Crippen LogP contribution in [0.4, 0.5) is 0 Å². The molecular formula is C17H39NNaO9PS. The molecule has 0 aliphatic rings. The first-order valence-corrected chi connectivity index (χ1v) is 12.9. The Kier molecular flexibility index (Phi) is 23.5. The monoisotopic (exact) mass is 487 g/mol. The summed E-state index contributed by atoms with van der Waals surface area (Å²) in [5, 5.41) is 0. The Morgan fingerprint density at radius 1 is 0.967 bits per heavy atom. The number of hydrogen-bond donors (Lipinski definition) is 4. The summed E-state index contributed by atoms with van der Waals surface area (Å²) >= 11 is 0. The van der Waals surface area contributed by atoms with E-state index in [9.17, 15) is 13.2 Å². The van der Waals surface area contributed by atoms with Crippen LogP contribution < -0.4 is 35.3 Å². The van der Waals surface area contributed by atoms with Gasteiger partial charge < -0.3 is 26.0 Å². The third-order valence-electron chi connectivity index (χ3n) is 3.90. The van der Waals surface area contributed by atoms with Gasteiger partial charge in [0.05, 0.1) is 6.61 Å². The van der Waals surface area contributed by atoms with Crippen molar-refractivity contribution in [3.05, 3.63) is 0 Å². The van der Waals surface area contributed by atoms with Gasteiger partial charge in [0.1, 0.15) is 6.04 Å². The second kappa shape index (κ2) is 20.1. The van der Waals surface area contributed by atoms with E-state index in [1.165, 1.54) is 38.5 Å². The standard InChI is InChI=1S/C17H35NO5S.Na.H3O4P.H/c1-4-5-6-7-8-9-10-11-12-13-14-22-24(20,21)23-17(19)16(18)15(2)3;;1-5(2,3)4;/h15-16H,4-14,18H2,1-3H3;;(H3,1,2,3,4);/q;+1;;-1/t16-;;;/m0.../s1. The summed E-state index contributed by atoms with van der Waals surface area (Å²) in [6, 6.07) is -0.972. The molecule has 0 bridgehead atoms. The van der Waals surface area contributed by atoms with Crippen LogP contribution >= 0.6 is 7.82 Å². The van der Waals surface area contributed by atoms with Crippen molar-refractivity contribution in [1.29, 1.82) is 0 Å². The second-order valence-corrected chi connectivity index (χ2v) is 9.34. The molecule has 0 radical (unpaired) electrons. The predicted octanol–water partition coefficient (Wildman–Crippen LogP) is -0.117. The Hall–Kier alpha value is 0.450. The van der Waals surface area contributed by atoms with Crippen LogP contribution in [-0.2, 0) is 28.1 Å². The van der Waals surface area contributed by atoms with Crippen molar-refractivity contribution in [2.24, 2.45) is 11.7 Å². The molecule has 0 aliphatic heterocycles. The molecule has 0 saturated carbocycles. The molecule has 0 unspecified atom stereocenters. The summed E-state index contributed by atoms with van der Waals surface area (Å²) in [6.07, 6.45) is 11.5. The van der Waals surface area contributed by atoms with Crippen molar-refractivity contribution in [3.8, 4) is 0 Å². The van der Waals surface area contributed by atoms with Crippen molar-refractivity contribution >= 4 is 24.2 Å². The van der Waals surface area contributed by atoms with Crippen LogP contribution in [0.2, 0.25) is 0 Å². The van der Waals surface area contributed by atoms with E-state index in [0.717, 1.165) is 19.3 Å². The van der Waals surface area contributed by atoms with E-state index >= 15 is 0 Å². The van der Waals surface area contributed by atoms with Gasteiger partial charge >= 0.3 is 53.7 Å². The van der Waals surface area contributed by atoms with E-state index < -0.39 is 30.2 Å². The van der Waals surface area contributed by atoms with E-state index in [-0.39, 0.29) is 43.5 Å². The number of rotatable bonds is 15. The van der Waals surface area contributed by atoms with Crippen LogP contribution in [0.15, 0.2) is 0 Å². The minimum Gasteiger partial charge on any atom is -1.00 e. The number of hydrogen-bond acceptors (Lipinski definition) is 7. The largest absolute Gasteiger partial charge is 1.00 e. The maximum absolute atomic E-state index is 11.5. The minimum atomic E-state index is -4.64. The Morgan fingerprint density at radius 3 is 1.70 bits per heavy atom. The van der Waals surface area contributed by atoms with Crippen LogP contribution in [0, 0.1) is 5.92 Å². The quantitative estimate of drug-likeness (QED) is 0.139. The molecule has 178 valence electrons. The van der Waals surface area contributed by atoms with Gasteiger partial charge in [0.2, 0.25) is 0 Å². The molecule has 0 aliphatic carbocycles. The molecule has 0 amide bonds. The van der Waals surface area contributed by atoms with Gasteiger partial charge in [0.15, 0.2) is 0 Å². The van der Waals surface area contributed by atoms with Crippen molar-refractivity contribution < 1.29 is 71.8 Å². The van der Waals surface area contributed by atoms with E-state index in [4.69, 9.17) is 25.0 Å². The van der Waals surface area contributed by atoms with Crippen molar-refractivity contribution in [3.63, 3.8) is 0 Å². The average molecular weight is 488 g/mol. The van der Waals surface area contributed by atoms with Crippen LogP contribution in [0.1, 0.15) is 86.4 Å². The first-order chi connectivity index (χ1) is 13.3. The van der Waals surface area contributed by atoms with Crippen LogP contribution in [-0.4, -0.2) is 41.7 Å². The Bertz CT molecular complexity index is 568. The Morgan fingerprint density at radius 2 is 1.33 bits per heavy atom. The van der Waals surface area contributed by atoms with Crippen molar-refractivity contribution in [1.82, 2.24) is 0 Å². The van der Waals surface area contributed by atoms with Gasteiger partial charge in [-0.2, -0.15) is 8.42 Å². The SMILES string of the molecule is CCCCCCCCCCCCOS(=O)(=O)OC(=O)[C@@H](N)C(C)C.O=P(O)(O)O.[H-].[Na+]. The minimum absolute atomic E-state index is 0. The van der Waals surface area contributed by atoms with E-state index in [0.29, 0.717) is 6.42 Å². The van der Waals surface area contributed by atoms with Gasteiger partial charge in [0.25, 0.3) is 0 Å². The molecule has 0 fully saturated rings. The summed E-state index contributed by atoms with van der Waals surface area (Å²) in [4.78, 5) is 33.1.